The monoisotopic (exact) mass is 146 g/mol. The van der Waals surface area contributed by atoms with Crippen LogP contribution in [0.3, 0.4) is 0 Å². The number of hydrogen-bond acceptors (Lipinski definition) is 3. The first-order valence-electron chi connectivity index (χ1n) is 3.22. The standard InChI is InChI=1S/C6H10O4/c7-4-2-1-3(5(4)8)6(9)10/h3-5,7-8H,1-2H2,(H,9,10)/t3-,4+,5-/m1/s1. The summed E-state index contributed by atoms with van der Waals surface area (Å²) in [5.74, 6) is -1.79. The van der Waals surface area contributed by atoms with E-state index in [1.807, 2.05) is 0 Å². The summed E-state index contributed by atoms with van der Waals surface area (Å²) in [4.78, 5) is 10.3. The summed E-state index contributed by atoms with van der Waals surface area (Å²) in [6.45, 7) is 0. The van der Waals surface area contributed by atoms with Crippen molar-refractivity contribution in [3.63, 3.8) is 0 Å². The number of rotatable bonds is 1. The number of aliphatic hydroxyl groups is 2. The van der Waals surface area contributed by atoms with Crippen LogP contribution in [0.5, 0.6) is 0 Å². The fraction of sp³-hybridized carbons (Fsp3) is 0.833. The van der Waals surface area contributed by atoms with Gasteiger partial charge in [-0.1, -0.05) is 0 Å². The third-order valence-electron chi connectivity index (χ3n) is 1.90. The molecule has 4 heteroatoms. The Morgan fingerprint density at radius 1 is 1.30 bits per heavy atom. The predicted molar refractivity (Wildman–Crippen MR) is 32.4 cm³/mol. The average molecular weight is 146 g/mol. The summed E-state index contributed by atoms with van der Waals surface area (Å²) < 4.78 is 0. The maximum atomic E-state index is 10.3. The van der Waals surface area contributed by atoms with Gasteiger partial charge in [-0.2, -0.15) is 0 Å². The molecule has 1 aliphatic carbocycles. The number of hydrogen-bond donors (Lipinski definition) is 3. The Hall–Kier alpha value is -0.610. The molecule has 0 aromatic rings. The number of carbonyl (C=O) groups is 1. The normalized spacial score (nSPS) is 40.0. The summed E-state index contributed by atoms with van der Waals surface area (Å²) in [5, 5.41) is 26.3. The van der Waals surface area contributed by atoms with E-state index in [9.17, 15) is 4.79 Å². The van der Waals surface area contributed by atoms with Crippen molar-refractivity contribution in [2.75, 3.05) is 0 Å². The lowest BCUT2D eigenvalue weighted by Crippen LogP contribution is -2.29. The minimum absolute atomic E-state index is 0.373. The molecule has 10 heavy (non-hydrogen) atoms. The number of aliphatic hydroxyl groups excluding tert-OH is 2. The number of aliphatic carboxylic acids is 1. The molecule has 0 aromatic carbocycles. The third kappa shape index (κ3) is 1.12. The number of carboxylic acids is 1. The molecule has 0 bridgehead atoms. The van der Waals surface area contributed by atoms with E-state index in [1.165, 1.54) is 0 Å². The molecule has 0 aliphatic heterocycles. The van der Waals surface area contributed by atoms with E-state index in [-0.39, 0.29) is 0 Å². The highest BCUT2D eigenvalue weighted by atomic mass is 16.4. The quantitative estimate of drug-likeness (QED) is 0.452. The molecule has 0 radical (unpaired) electrons. The van der Waals surface area contributed by atoms with Gasteiger partial charge in [0.05, 0.1) is 18.1 Å². The summed E-state index contributed by atoms with van der Waals surface area (Å²) in [7, 11) is 0. The van der Waals surface area contributed by atoms with Gasteiger partial charge in [-0.15, -0.1) is 0 Å². The molecule has 1 aliphatic rings. The van der Waals surface area contributed by atoms with E-state index < -0.39 is 24.1 Å². The lowest BCUT2D eigenvalue weighted by Gasteiger charge is -2.10. The minimum atomic E-state index is -1.07. The van der Waals surface area contributed by atoms with Gasteiger partial charge < -0.3 is 15.3 Å². The van der Waals surface area contributed by atoms with E-state index in [0.717, 1.165) is 0 Å². The Balaban J connectivity index is 2.57. The highest BCUT2D eigenvalue weighted by Gasteiger charge is 2.37. The van der Waals surface area contributed by atoms with Gasteiger partial charge in [0.25, 0.3) is 0 Å². The van der Waals surface area contributed by atoms with Crippen LogP contribution in [0.4, 0.5) is 0 Å². The average Bonchev–Trinajstić information content (AvgIpc) is 2.14. The van der Waals surface area contributed by atoms with Gasteiger partial charge in [0.2, 0.25) is 0 Å². The van der Waals surface area contributed by atoms with Crippen molar-refractivity contribution in [1.82, 2.24) is 0 Å². The lowest BCUT2D eigenvalue weighted by atomic mass is 10.1. The first-order valence-corrected chi connectivity index (χ1v) is 3.22. The van der Waals surface area contributed by atoms with Gasteiger partial charge in [0, 0.05) is 0 Å². The minimum Gasteiger partial charge on any atom is -0.481 e. The molecule has 3 atom stereocenters. The highest BCUT2D eigenvalue weighted by molar-refractivity contribution is 5.71. The zero-order valence-electron chi connectivity index (χ0n) is 5.40. The van der Waals surface area contributed by atoms with Gasteiger partial charge >= 0.3 is 5.97 Å². The van der Waals surface area contributed by atoms with Crippen LogP contribution in [0.1, 0.15) is 12.8 Å². The molecule has 58 valence electrons. The van der Waals surface area contributed by atoms with Gasteiger partial charge in [0.1, 0.15) is 0 Å². The van der Waals surface area contributed by atoms with E-state index >= 15 is 0 Å². The van der Waals surface area contributed by atoms with Crippen LogP contribution in [0.2, 0.25) is 0 Å². The van der Waals surface area contributed by atoms with Crippen LogP contribution in [0.15, 0.2) is 0 Å². The van der Waals surface area contributed by atoms with Gasteiger partial charge in [-0.05, 0) is 12.8 Å². The van der Waals surface area contributed by atoms with Crippen LogP contribution in [0.25, 0.3) is 0 Å². The van der Waals surface area contributed by atoms with Crippen molar-refractivity contribution in [3.8, 4) is 0 Å². The van der Waals surface area contributed by atoms with Gasteiger partial charge in [0.15, 0.2) is 0 Å². The second-order valence-corrected chi connectivity index (χ2v) is 2.58. The first kappa shape index (κ1) is 7.50. The predicted octanol–water partition coefficient (Wildman–Crippen LogP) is -0.797. The van der Waals surface area contributed by atoms with Crippen molar-refractivity contribution < 1.29 is 20.1 Å². The maximum Gasteiger partial charge on any atom is 0.309 e. The largest absolute Gasteiger partial charge is 0.481 e. The molecule has 0 aromatic heterocycles. The van der Waals surface area contributed by atoms with Gasteiger partial charge in [-0.25, -0.2) is 0 Å². The fourth-order valence-corrected chi connectivity index (χ4v) is 1.23. The smallest absolute Gasteiger partial charge is 0.309 e. The van der Waals surface area contributed by atoms with E-state index in [4.69, 9.17) is 15.3 Å². The van der Waals surface area contributed by atoms with Crippen molar-refractivity contribution in [2.45, 2.75) is 25.0 Å². The molecule has 1 fully saturated rings. The van der Waals surface area contributed by atoms with Crippen molar-refractivity contribution >= 4 is 5.97 Å². The highest BCUT2D eigenvalue weighted by Crippen LogP contribution is 2.25. The molecule has 0 heterocycles. The Bertz CT molecular complexity index is 145. The summed E-state index contributed by atoms with van der Waals surface area (Å²) >= 11 is 0. The summed E-state index contributed by atoms with van der Waals surface area (Å²) in [5.41, 5.74) is 0. The van der Waals surface area contributed by atoms with E-state index in [2.05, 4.69) is 0 Å². The van der Waals surface area contributed by atoms with E-state index in [1.54, 1.807) is 0 Å². The van der Waals surface area contributed by atoms with Crippen LogP contribution < -0.4 is 0 Å². The third-order valence-corrected chi connectivity index (χ3v) is 1.90. The number of carboxylic acid groups (broad SMARTS) is 1. The lowest BCUT2D eigenvalue weighted by molar-refractivity contribution is -0.145. The van der Waals surface area contributed by atoms with Crippen molar-refractivity contribution in [1.29, 1.82) is 0 Å². The van der Waals surface area contributed by atoms with Crippen molar-refractivity contribution in [2.24, 2.45) is 5.92 Å². The maximum absolute atomic E-state index is 10.3. The second-order valence-electron chi connectivity index (χ2n) is 2.58. The summed E-state index contributed by atoms with van der Waals surface area (Å²) in [6, 6.07) is 0. The van der Waals surface area contributed by atoms with Gasteiger partial charge in [-0.3, -0.25) is 4.79 Å². The zero-order chi connectivity index (χ0) is 7.72. The molecule has 1 saturated carbocycles. The zero-order valence-corrected chi connectivity index (χ0v) is 5.40. The van der Waals surface area contributed by atoms with Crippen LogP contribution in [-0.4, -0.2) is 33.5 Å². The molecule has 0 saturated heterocycles. The summed E-state index contributed by atoms with van der Waals surface area (Å²) in [6.07, 6.45) is -1.16. The second kappa shape index (κ2) is 2.56. The molecule has 0 unspecified atom stereocenters. The first-order chi connectivity index (χ1) is 4.63. The topological polar surface area (TPSA) is 77.8 Å². The molecule has 1 rings (SSSR count). The Morgan fingerprint density at radius 3 is 2.10 bits per heavy atom. The molecule has 0 amide bonds. The molecular formula is C6H10O4. The van der Waals surface area contributed by atoms with Crippen molar-refractivity contribution in [3.05, 3.63) is 0 Å². The molecule has 4 nitrogen and oxygen atoms in total. The Kier molecular flexibility index (Phi) is 1.92. The van der Waals surface area contributed by atoms with E-state index in [0.29, 0.717) is 12.8 Å². The Morgan fingerprint density at radius 2 is 1.90 bits per heavy atom. The SMILES string of the molecule is O=C(O)[C@@H]1CC[C@H](O)[C@@H]1O. The van der Waals surface area contributed by atoms with Crippen LogP contribution in [-0.2, 0) is 4.79 Å². The molecular weight excluding hydrogens is 136 g/mol. The fourth-order valence-electron chi connectivity index (χ4n) is 1.23. The Labute approximate surface area is 58.1 Å². The van der Waals surface area contributed by atoms with Crippen LogP contribution in [0, 0.1) is 5.92 Å². The molecule has 3 N–H and O–H groups in total. The van der Waals surface area contributed by atoms with Crippen LogP contribution >= 0.6 is 0 Å². The molecule has 0 spiro atoms.